The van der Waals surface area contributed by atoms with E-state index in [4.69, 9.17) is 4.74 Å². The minimum atomic E-state index is -0.664. The summed E-state index contributed by atoms with van der Waals surface area (Å²) in [5, 5.41) is 24.5. The number of carbonyl (C=O) groups is 3. The summed E-state index contributed by atoms with van der Waals surface area (Å²) in [7, 11) is 4.19. The Bertz CT molecular complexity index is 963. The summed E-state index contributed by atoms with van der Waals surface area (Å²) >= 11 is 0. The van der Waals surface area contributed by atoms with Crippen molar-refractivity contribution in [1.29, 1.82) is 0 Å². The fraction of sp³-hybridized carbons (Fsp3) is 0.500. The molecular formula is C22H32N6O6. The van der Waals surface area contributed by atoms with Gasteiger partial charge in [0.25, 0.3) is 17.5 Å². The van der Waals surface area contributed by atoms with Crippen molar-refractivity contribution < 1.29 is 24.0 Å². The van der Waals surface area contributed by atoms with E-state index in [-0.39, 0.29) is 34.4 Å². The van der Waals surface area contributed by atoms with E-state index in [9.17, 15) is 24.5 Å². The molecule has 0 aliphatic carbocycles. The Hall–Kier alpha value is -3.83. The van der Waals surface area contributed by atoms with Crippen molar-refractivity contribution in [2.45, 2.75) is 52.5 Å². The summed E-state index contributed by atoms with van der Waals surface area (Å²) in [6, 6.07) is 2.14. The number of nitrogens with one attached hydrogen (secondary N) is 2. The van der Waals surface area contributed by atoms with Gasteiger partial charge in [-0.05, 0) is 31.4 Å². The molecule has 0 radical (unpaired) electrons. The Morgan fingerprint density at radius 3 is 2.26 bits per heavy atom. The zero-order chi connectivity index (χ0) is 25.8. The van der Waals surface area contributed by atoms with Crippen molar-refractivity contribution in [2.24, 2.45) is 10.2 Å². The summed E-state index contributed by atoms with van der Waals surface area (Å²) in [5.41, 5.74) is -0.638. The highest BCUT2D eigenvalue weighted by atomic mass is 16.6. The van der Waals surface area contributed by atoms with E-state index >= 15 is 0 Å². The molecule has 1 rings (SSSR count). The summed E-state index contributed by atoms with van der Waals surface area (Å²) in [5.74, 6) is -1.23. The number of hydrogen-bond donors (Lipinski definition) is 2. The number of imide groups is 1. The Kier molecular flexibility index (Phi) is 11.3. The lowest BCUT2D eigenvalue weighted by Gasteiger charge is -2.27. The van der Waals surface area contributed by atoms with Crippen LogP contribution in [0.5, 0.6) is 0 Å². The van der Waals surface area contributed by atoms with Crippen LogP contribution in [-0.2, 0) is 14.3 Å². The van der Waals surface area contributed by atoms with E-state index in [1.165, 1.54) is 34.2 Å². The molecular weight excluding hydrogens is 444 g/mol. The molecule has 0 saturated heterocycles. The number of azo groups is 1. The number of nitrogens with zero attached hydrogens (tertiary/aromatic N) is 4. The largest absolute Gasteiger partial charge is 0.481 e. The van der Waals surface area contributed by atoms with Gasteiger partial charge in [0.15, 0.2) is 5.69 Å². The van der Waals surface area contributed by atoms with Crippen molar-refractivity contribution in [3.8, 4) is 0 Å². The van der Waals surface area contributed by atoms with E-state index in [0.717, 1.165) is 23.8 Å². The van der Waals surface area contributed by atoms with Crippen molar-refractivity contribution in [3.05, 3.63) is 45.0 Å². The first kappa shape index (κ1) is 28.2. The number of rotatable bonds is 13. The molecule has 1 aromatic carbocycles. The van der Waals surface area contributed by atoms with Gasteiger partial charge < -0.3 is 15.4 Å². The number of methoxy groups -OCH3 is 1. The molecule has 1 aromatic rings. The minimum Gasteiger partial charge on any atom is -0.481 e. The van der Waals surface area contributed by atoms with E-state index in [1.54, 1.807) is 0 Å². The van der Waals surface area contributed by atoms with Crippen LogP contribution in [0.2, 0.25) is 0 Å². The lowest BCUT2D eigenvalue weighted by Crippen LogP contribution is -2.39. The molecule has 0 aromatic heterocycles. The number of hydrogen-bond acceptors (Lipinski definition) is 9. The third-order valence-electron chi connectivity index (χ3n) is 5.16. The zero-order valence-electron chi connectivity index (χ0n) is 20.4. The maximum atomic E-state index is 13.3. The van der Waals surface area contributed by atoms with E-state index in [0.29, 0.717) is 19.3 Å². The number of ether oxygens (including phenoxy) is 1. The SMILES string of the molecule is CCCC(CCC)N(C=O)C(=O)c1ccc([N+](=O)[O-])c(N=N/C(C(=O)NC)=C(/NC)OC)c1C. The van der Waals surface area contributed by atoms with Gasteiger partial charge in [-0.1, -0.05) is 26.7 Å². The first-order valence-electron chi connectivity index (χ1n) is 10.9. The van der Waals surface area contributed by atoms with Gasteiger partial charge >= 0.3 is 0 Å². The smallest absolute Gasteiger partial charge is 0.297 e. The standard InChI is InChI=1S/C22H32N6O6/c1-7-9-15(10-8-2)27(13-29)22(31)16-11-12-17(28(32)33)18(14(16)3)25-26-19(20(30)23-4)21(24-5)34-6/h11-13,15,24H,7-10H2,1-6H3,(H,23,30)/b21-19-,26-25?. The van der Waals surface area contributed by atoms with Gasteiger partial charge in [0, 0.05) is 31.8 Å². The van der Waals surface area contributed by atoms with Gasteiger partial charge in [0.1, 0.15) is 0 Å². The maximum absolute atomic E-state index is 13.3. The van der Waals surface area contributed by atoms with E-state index in [1.807, 2.05) is 13.8 Å². The van der Waals surface area contributed by atoms with Crippen molar-refractivity contribution >= 4 is 29.6 Å². The van der Waals surface area contributed by atoms with Gasteiger partial charge in [-0.25, -0.2) is 0 Å². The normalized spacial score (nSPS) is 11.7. The highest BCUT2D eigenvalue weighted by molar-refractivity contribution is 6.02. The fourth-order valence-electron chi connectivity index (χ4n) is 3.45. The van der Waals surface area contributed by atoms with Gasteiger partial charge in [0.2, 0.25) is 18.0 Å². The number of likely N-dealkylation sites (N-methyl/N-ethyl adjacent to an activating group) is 1. The third kappa shape index (κ3) is 6.59. The first-order valence-corrected chi connectivity index (χ1v) is 10.9. The molecule has 0 bridgehead atoms. The molecule has 0 unspecified atom stereocenters. The Morgan fingerprint density at radius 1 is 1.21 bits per heavy atom. The molecule has 0 fully saturated rings. The minimum absolute atomic E-state index is 0.00950. The quantitative estimate of drug-likeness (QED) is 0.110. The zero-order valence-corrected chi connectivity index (χ0v) is 20.4. The molecule has 0 spiro atoms. The molecule has 0 heterocycles. The lowest BCUT2D eigenvalue weighted by atomic mass is 10.0. The van der Waals surface area contributed by atoms with E-state index < -0.39 is 22.4 Å². The first-order chi connectivity index (χ1) is 16.2. The lowest BCUT2D eigenvalue weighted by molar-refractivity contribution is -0.384. The van der Waals surface area contributed by atoms with Crippen LogP contribution in [0.1, 0.15) is 55.5 Å². The number of amides is 3. The second-order valence-electron chi connectivity index (χ2n) is 7.32. The topological polar surface area (TPSA) is 156 Å². The van der Waals surface area contributed by atoms with Gasteiger partial charge in [-0.2, -0.15) is 0 Å². The van der Waals surface area contributed by atoms with Crippen LogP contribution in [-0.4, -0.2) is 55.3 Å². The van der Waals surface area contributed by atoms with Gasteiger partial charge in [-0.15, -0.1) is 10.2 Å². The van der Waals surface area contributed by atoms with Crippen LogP contribution in [0, 0.1) is 17.0 Å². The molecule has 34 heavy (non-hydrogen) atoms. The third-order valence-corrected chi connectivity index (χ3v) is 5.16. The van der Waals surface area contributed by atoms with Gasteiger partial charge in [-0.3, -0.25) is 29.4 Å². The number of nitro groups is 1. The van der Waals surface area contributed by atoms with Crippen LogP contribution < -0.4 is 10.6 Å². The fourth-order valence-corrected chi connectivity index (χ4v) is 3.45. The molecule has 186 valence electrons. The molecule has 0 aliphatic heterocycles. The summed E-state index contributed by atoms with van der Waals surface area (Å²) in [4.78, 5) is 49.4. The highest BCUT2D eigenvalue weighted by Crippen LogP contribution is 2.35. The second-order valence-corrected chi connectivity index (χ2v) is 7.32. The van der Waals surface area contributed by atoms with Crippen LogP contribution in [0.15, 0.2) is 33.9 Å². The summed E-state index contributed by atoms with van der Waals surface area (Å²) in [6.45, 7) is 5.40. The summed E-state index contributed by atoms with van der Waals surface area (Å²) < 4.78 is 5.08. The molecule has 2 N–H and O–H groups in total. The number of nitro benzene ring substituents is 1. The highest BCUT2D eigenvalue weighted by Gasteiger charge is 2.28. The van der Waals surface area contributed by atoms with Crippen molar-refractivity contribution in [2.75, 3.05) is 21.2 Å². The maximum Gasteiger partial charge on any atom is 0.297 e. The predicted octanol–water partition coefficient (Wildman–Crippen LogP) is 3.34. The Balaban J connectivity index is 3.66. The molecule has 0 aliphatic rings. The van der Waals surface area contributed by atoms with Crippen LogP contribution in [0.3, 0.4) is 0 Å². The second kappa shape index (κ2) is 13.7. The van der Waals surface area contributed by atoms with Crippen LogP contribution in [0.4, 0.5) is 11.4 Å². The van der Waals surface area contributed by atoms with Gasteiger partial charge in [0.05, 0.1) is 12.0 Å². The summed E-state index contributed by atoms with van der Waals surface area (Å²) in [6.07, 6.45) is 3.33. The van der Waals surface area contributed by atoms with Crippen molar-refractivity contribution in [3.63, 3.8) is 0 Å². The van der Waals surface area contributed by atoms with Crippen molar-refractivity contribution in [1.82, 2.24) is 15.5 Å². The Labute approximate surface area is 198 Å². The number of carbonyl (C=O) groups excluding carboxylic acids is 3. The molecule has 0 saturated carbocycles. The predicted molar refractivity (Wildman–Crippen MR) is 125 cm³/mol. The van der Waals surface area contributed by atoms with Crippen LogP contribution >= 0.6 is 0 Å². The molecule has 12 nitrogen and oxygen atoms in total. The Morgan fingerprint density at radius 2 is 1.82 bits per heavy atom. The molecule has 3 amide bonds. The van der Waals surface area contributed by atoms with Crippen LogP contribution in [0.25, 0.3) is 0 Å². The molecule has 0 atom stereocenters. The average Bonchev–Trinajstić information content (AvgIpc) is 2.82. The monoisotopic (exact) mass is 476 g/mol. The average molecular weight is 477 g/mol. The number of benzene rings is 1. The van der Waals surface area contributed by atoms with E-state index in [2.05, 4.69) is 20.9 Å². The molecule has 12 heteroatoms.